The van der Waals surface area contributed by atoms with Crippen LogP contribution in [-0.4, -0.2) is 6.61 Å². The predicted molar refractivity (Wildman–Crippen MR) is 104 cm³/mol. The summed E-state index contributed by atoms with van der Waals surface area (Å²) < 4.78 is 38.7. The fourth-order valence-corrected chi connectivity index (χ4v) is 8.75. The summed E-state index contributed by atoms with van der Waals surface area (Å²) >= 11 is -2.61. The summed E-state index contributed by atoms with van der Waals surface area (Å²) in [6.07, 6.45) is 3.78. The monoisotopic (exact) mass is 464 g/mol. The van der Waals surface area contributed by atoms with Gasteiger partial charge in [-0.05, 0) is 0 Å². The normalized spacial score (nSPS) is 14.2. The van der Waals surface area contributed by atoms with E-state index in [-0.39, 0.29) is 6.61 Å². The number of benzene rings is 2. The molecular weight excluding hydrogens is 441 g/mol. The molecule has 0 heterocycles. The van der Waals surface area contributed by atoms with Gasteiger partial charge in [0.05, 0.1) is 0 Å². The standard InChI is InChI=1S/C18H23FIO3P/c1-2-3-4-11-16-22-24(19,21)23-20(17-12-7-5-8-13-17)18-14-9-6-10-15-18/h5-10,12-15H,2-4,11,16H2,1H3. The van der Waals surface area contributed by atoms with Gasteiger partial charge >= 0.3 is 151 Å². The Morgan fingerprint density at radius 1 is 0.917 bits per heavy atom. The van der Waals surface area contributed by atoms with Gasteiger partial charge in [-0.1, -0.05) is 0 Å². The maximum atomic E-state index is 14.4. The Balaban J connectivity index is 2.06. The maximum absolute atomic E-state index is 14.4. The molecule has 2 aromatic rings. The molecule has 1 unspecified atom stereocenters. The summed E-state index contributed by atoms with van der Waals surface area (Å²) in [5.74, 6) is 0. The van der Waals surface area contributed by atoms with Gasteiger partial charge in [0.1, 0.15) is 0 Å². The Labute approximate surface area is 151 Å². The quantitative estimate of drug-likeness (QED) is 0.220. The first-order chi connectivity index (χ1) is 11.6. The molecule has 0 bridgehead atoms. The molecule has 24 heavy (non-hydrogen) atoms. The van der Waals surface area contributed by atoms with E-state index in [0.717, 1.165) is 26.4 Å². The third-order valence-corrected chi connectivity index (χ3v) is 10.3. The van der Waals surface area contributed by atoms with Gasteiger partial charge in [-0.3, -0.25) is 0 Å². The Bertz CT molecular complexity index is 600. The Hall–Kier alpha value is -0.750. The van der Waals surface area contributed by atoms with Crippen LogP contribution in [0.1, 0.15) is 32.6 Å². The van der Waals surface area contributed by atoms with E-state index in [2.05, 4.69) is 6.92 Å². The molecule has 0 amide bonds. The molecule has 6 heteroatoms. The van der Waals surface area contributed by atoms with Crippen molar-refractivity contribution in [3.63, 3.8) is 0 Å². The van der Waals surface area contributed by atoms with Crippen molar-refractivity contribution >= 4 is 28.1 Å². The molecule has 0 spiro atoms. The molecular formula is C18H23FIO3P. The molecule has 0 aliphatic heterocycles. The fourth-order valence-electron chi connectivity index (χ4n) is 2.07. The van der Waals surface area contributed by atoms with Crippen LogP contribution in [-0.2, 0) is 11.9 Å². The molecule has 2 aromatic carbocycles. The summed E-state index contributed by atoms with van der Waals surface area (Å²) in [7, 11) is -4.56. The average molecular weight is 464 g/mol. The number of halogens is 2. The summed E-state index contributed by atoms with van der Waals surface area (Å²) in [6, 6.07) is 18.8. The molecule has 0 aliphatic carbocycles. The first kappa shape index (κ1) is 19.6. The minimum atomic E-state index is -4.56. The van der Waals surface area contributed by atoms with Crippen LogP contribution in [0.25, 0.3) is 0 Å². The molecule has 0 saturated heterocycles. The first-order valence-electron chi connectivity index (χ1n) is 8.07. The minimum absolute atomic E-state index is 0.126. The third-order valence-electron chi connectivity index (χ3n) is 3.26. The number of hydrogen-bond donors (Lipinski definition) is 0. The van der Waals surface area contributed by atoms with Gasteiger partial charge in [0.25, 0.3) is 0 Å². The van der Waals surface area contributed by atoms with Crippen molar-refractivity contribution in [2.24, 2.45) is 0 Å². The van der Waals surface area contributed by atoms with Gasteiger partial charge < -0.3 is 0 Å². The van der Waals surface area contributed by atoms with Crippen LogP contribution >= 0.6 is 28.1 Å². The predicted octanol–water partition coefficient (Wildman–Crippen LogP) is 6.84. The molecule has 132 valence electrons. The van der Waals surface area contributed by atoms with Crippen molar-refractivity contribution in [3.8, 4) is 0 Å². The van der Waals surface area contributed by atoms with Crippen molar-refractivity contribution < 1.29 is 16.1 Å². The van der Waals surface area contributed by atoms with E-state index in [0.29, 0.717) is 6.42 Å². The van der Waals surface area contributed by atoms with Crippen molar-refractivity contribution in [2.75, 3.05) is 6.61 Å². The van der Waals surface area contributed by atoms with Gasteiger partial charge in [0, 0.05) is 0 Å². The van der Waals surface area contributed by atoms with Gasteiger partial charge in [-0.15, -0.1) is 0 Å². The van der Waals surface area contributed by atoms with Crippen molar-refractivity contribution in [1.29, 1.82) is 0 Å². The summed E-state index contributed by atoms with van der Waals surface area (Å²) in [5, 5.41) is 0. The molecule has 3 nitrogen and oxygen atoms in total. The van der Waals surface area contributed by atoms with Crippen molar-refractivity contribution in [2.45, 2.75) is 32.6 Å². The topological polar surface area (TPSA) is 35.5 Å². The van der Waals surface area contributed by atoms with Crippen LogP contribution in [0, 0.1) is 7.14 Å². The third kappa shape index (κ3) is 6.63. The van der Waals surface area contributed by atoms with Gasteiger partial charge in [-0.25, -0.2) is 0 Å². The van der Waals surface area contributed by atoms with E-state index in [9.17, 15) is 8.76 Å². The van der Waals surface area contributed by atoms with Gasteiger partial charge in [0.15, 0.2) is 0 Å². The molecule has 0 saturated carbocycles. The van der Waals surface area contributed by atoms with Gasteiger partial charge in [0.2, 0.25) is 0 Å². The Morgan fingerprint density at radius 3 is 1.96 bits per heavy atom. The first-order valence-corrected chi connectivity index (χ1v) is 12.5. The second-order valence-electron chi connectivity index (χ2n) is 5.23. The zero-order valence-corrected chi connectivity index (χ0v) is 16.8. The van der Waals surface area contributed by atoms with Crippen LogP contribution in [0.4, 0.5) is 4.20 Å². The second-order valence-corrected chi connectivity index (χ2v) is 11.6. The molecule has 0 aromatic heterocycles. The Kier molecular flexibility index (Phi) is 8.39. The number of hydrogen-bond acceptors (Lipinski definition) is 3. The molecule has 0 radical (unpaired) electrons. The summed E-state index contributed by atoms with van der Waals surface area (Å²) in [5.41, 5.74) is 0. The summed E-state index contributed by atoms with van der Waals surface area (Å²) in [4.78, 5) is 0. The van der Waals surface area contributed by atoms with Crippen LogP contribution in [0.15, 0.2) is 60.7 Å². The van der Waals surface area contributed by atoms with Crippen molar-refractivity contribution in [3.05, 3.63) is 67.8 Å². The zero-order valence-electron chi connectivity index (χ0n) is 13.7. The molecule has 1 atom stereocenters. The van der Waals surface area contributed by atoms with E-state index in [1.165, 1.54) is 0 Å². The van der Waals surface area contributed by atoms with Crippen molar-refractivity contribution in [1.82, 2.24) is 0 Å². The van der Waals surface area contributed by atoms with Crippen LogP contribution in [0.5, 0.6) is 0 Å². The number of unbranched alkanes of at least 4 members (excludes halogenated alkanes) is 3. The average Bonchev–Trinajstić information content (AvgIpc) is 2.61. The van der Waals surface area contributed by atoms with Crippen LogP contribution in [0.3, 0.4) is 0 Å². The molecule has 0 fully saturated rings. The second kappa shape index (κ2) is 10.3. The SMILES string of the molecule is CCCCCCOP(=O)(F)OI(c1ccccc1)c1ccccc1. The van der Waals surface area contributed by atoms with E-state index >= 15 is 0 Å². The van der Waals surface area contributed by atoms with E-state index in [1.807, 2.05) is 60.7 Å². The molecule has 0 aliphatic rings. The van der Waals surface area contributed by atoms with E-state index in [4.69, 9.17) is 7.38 Å². The van der Waals surface area contributed by atoms with Crippen LogP contribution in [0.2, 0.25) is 0 Å². The van der Waals surface area contributed by atoms with E-state index < -0.39 is 28.1 Å². The fraction of sp³-hybridized carbons (Fsp3) is 0.333. The van der Waals surface area contributed by atoms with E-state index in [1.54, 1.807) is 0 Å². The van der Waals surface area contributed by atoms with Crippen LogP contribution < -0.4 is 0 Å². The number of rotatable bonds is 10. The molecule has 0 N–H and O–H groups in total. The van der Waals surface area contributed by atoms with Gasteiger partial charge in [-0.2, -0.15) is 0 Å². The zero-order chi connectivity index (χ0) is 17.3. The Morgan fingerprint density at radius 2 is 1.46 bits per heavy atom. The summed E-state index contributed by atoms with van der Waals surface area (Å²) in [6.45, 7) is 2.22. The molecule has 2 rings (SSSR count).